The van der Waals surface area contributed by atoms with E-state index in [9.17, 15) is 21.6 Å². The Morgan fingerprint density at radius 1 is 1.17 bits per heavy atom. The van der Waals surface area contributed by atoms with E-state index in [0.29, 0.717) is 19.6 Å². The molecule has 0 bridgehead atoms. The summed E-state index contributed by atoms with van der Waals surface area (Å²) in [4.78, 5) is 13.0. The minimum absolute atomic E-state index is 0.0151. The summed E-state index contributed by atoms with van der Waals surface area (Å²) in [7, 11) is -7.72. The van der Waals surface area contributed by atoms with Crippen molar-refractivity contribution < 1.29 is 25.8 Å². The average Bonchev–Trinajstić information content (AvgIpc) is 2.46. The molecule has 1 aromatic rings. The number of benzene rings is 1. The zero-order valence-corrected chi connectivity index (χ0v) is 14.4. The third-order valence-corrected chi connectivity index (χ3v) is 5.69. The molecule has 0 spiro atoms. The summed E-state index contributed by atoms with van der Waals surface area (Å²) in [6.07, 6.45) is 0.0766. The third kappa shape index (κ3) is 4.43. The molecule has 1 saturated heterocycles. The molecular weight excluding hydrogens is 344 g/mol. The minimum Gasteiger partial charge on any atom is -0.324 e. The number of hydrogen-bond donors (Lipinski definition) is 1. The standard InChI is InChI=1S/C13H18N2O6S2/c1-10-9-15(8-7-14-10)13(16)21-23(19,20)12-5-3-11(4-6-12)22(2,17)18/h3-6,10,14H,7-9H2,1-2H3. The van der Waals surface area contributed by atoms with E-state index in [-0.39, 0.29) is 15.8 Å². The van der Waals surface area contributed by atoms with Crippen LogP contribution in [0, 0.1) is 0 Å². The predicted molar refractivity (Wildman–Crippen MR) is 82.3 cm³/mol. The molecule has 23 heavy (non-hydrogen) atoms. The molecule has 1 fully saturated rings. The Labute approximate surface area is 135 Å². The molecule has 1 aromatic carbocycles. The van der Waals surface area contributed by atoms with Crippen molar-refractivity contribution in [2.75, 3.05) is 25.9 Å². The molecule has 1 aliphatic heterocycles. The maximum absolute atomic E-state index is 12.1. The lowest BCUT2D eigenvalue weighted by atomic mass is 10.2. The Morgan fingerprint density at radius 3 is 2.26 bits per heavy atom. The molecule has 1 amide bonds. The van der Waals surface area contributed by atoms with Gasteiger partial charge in [-0.15, -0.1) is 0 Å². The fraction of sp³-hybridized carbons (Fsp3) is 0.462. The van der Waals surface area contributed by atoms with Crippen LogP contribution in [0.4, 0.5) is 4.79 Å². The Bertz CT molecular complexity index is 786. The van der Waals surface area contributed by atoms with Crippen LogP contribution in [0.25, 0.3) is 0 Å². The van der Waals surface area contributed by atoms with Gasteiger partial charge in [0.15, 0.2) is 9.84 Å². The zero-order valence-electron chi connectivity index (χ0n) is 12.7. The number of piperazine rings is 1. The number of carbonyl (C=O) groups is 1. The number of nitrogens with one attached hydrogen (secondary N) is 1. The summed E-state index contributed by atoms with van der Waals surface area (Å²) in [5.41, 5.74) is 0. The van der Waals surface area contributed by atoms with Gasteiger partial charge in [0, 0.05) is 31.9 Å². The molecule has 8 nitrogen and oxygen atoms in total. The van der Waals surface area contributed by atoms with Crippen molar-refractivity contribution in [2.24, 2.45) is 0 Å². The van der Waals surface area contributed by atoms with Gasteiger partial charge in [-0.2, -0.15) is 8.42 Å². The summed E-state index contributed by atoms with van der Waals surface area (Å²) < 4.78 is 51.5. The van der Waals surface area contributed by atoms with E-state index in [0.717, 1.165) is 30.5 Å². The lowest BCUT2D eigenvalue weighted by Gasteiger charge is -2.30. The van der Waals surface area contributed by atoms with E-state index in [1.807, 2.05) is 6.92 Å². The van der Waals surface area contributed by atoms with Crippen molar-refractivity contribution >= 4 is 26.0 Å². The first-order chi connectivity index (χ1) is 10.6. The SMILES string of the molecule is CC1CN(C(=O)OS(=O)(=O)c2ccc(S(C)(=O)=O)cc2)CCN1. The number of rotatable bonds is 3. The van der Waals surface area contributed by atoms with Crippen molar-refractivity contribution in [3.05, 3.63) is 24.3 Å². The van der Waals surface area contributed by atoms with E-state index in [1.165, 1.54) is 4.90 Å². The maximum atomic E-state index is 12.1. The lowest BCUT2D eigenvalue weighted by molar-refractivity contribution is 0.139. The van der Waals surface area contributed by atoms with Gasteiger partial charge >= 0.3 is 16.2 Å². The highest BCUT2D eigenvalue weighted by Crippen LogP contribution is 2.17. The number of hydrogen-bond acceptors (Lipinski definition) is 7. The van der Waals surface area contributed by atoms with Crippen LogP contribution in [-0.4, -0.2) is 59.8 Å². The van der Waals surface area contributed by atoms with Crippen molar-refractivity contribution in [3.8, 4) is 0 Å². The van der Waals surface area contributed by atoms with Crippen LogP contribution < -0.4 is 5.32 Å². The molecule has 0 aliphatic carbocycles. The average molecular weight is 362 g/mol. The molecular formula is C13H18N2O6S2. The summed E-state index contributed by atoms with van der Waals surface area (Å²) in [5, 5.41) is 3.13. The Kier molecular flexibility index (Phi) is 4.97. The van der Waals surface area contributed by atoms with Gasteiger partial charge < -0.3 is 14.4 Å². The predicted octanol–water partition coefficient (Wildman–Crippen LogP) is 0.209. The largest absolute Gasteiger partial charge is 0.425 e. The van der Waals surface area contributed by atoms with Crippen LogP contribution in [0.5, 0.6) is 0 Å². The monoisotopic (exact) mass is 362 g/mol. The third-order valence-electron chi connectivity index (χ3n) is 3.35. The van der Waals surface area contributed by atoms with Gasteiger partial charge in [-0.1, -0.05) is 0 Å². The van der Waals surface area contributed by atoms with Gasteiger partial charge in [0.05, 0.1) is 4.90 Å². The fourth-order valence-electron chi connectivity index (χ4n) is 2.15. The van der Waals surface area contributed by atoms with Crippen LogP contribution in [0.1, 0.15) is 6.92 Å². The Hall–Kier alpha value is -1.65. The highest BCUT2D eigenvalue weighted by Gasteiger charge is 2.27. The van der Waals surface area contributed by atoms with Crippen LogP contribution in [0.15, 0.2) is 34.1 Å². The molecule has 1 heterocycles. The molecule has 0 saturated carbocycles. The fourth-order valence-corrected chi connectivity index (χ4v) is 3.64. The van der Waals surface area contributed by atoms with Gasteiger partial charge in [0.1, 0.15) is 4.90 Å². The summed E-state index contributed by atoms with van der Waals surface area (Å²) in [6, 6.07) is 4.55. The number of amides is 1. The first-order valence-electron chi connectivity index (χ1n) is 6.86. The van der Waals surface area contributed by atoms with Crippen molar-refractivity contribution in [2.45, 2.75) is 22.8 Å². The van der Waals surface area contributed by atoms with Crippen molar-refractivity contribution in [1.82, 2.24) is 10.2 Å². The first kappa shape index (κ1) is 17.7. The summed E-state index contributed by atoms with van der Waals surface area (Å²) in [5.74, 6) is 0. The molecule has 128 valence electrons. The van der Waals surface area contributed by atoms with Crippen LogP contribution in [-0.2, 0) is 24.1 Å². The number of sulfone groups is 1. The molecule has 1 unspecified atom stereocenters. The van der Waals surface area contributed by atoms with Gasteiger partial charge in [-0.3, -0.25) is 0 Å². The topological polar surface area (TPSA) is 110 Å². The van der Waals surface area contributed by atoms with E-state index in [2.05, 4.69) is 9.50 Å². The normalized spacial score (nSPS) is 19.4. The van der Waals surface area contributed by atoms with Crippen LogP contribution in [0.3, 0.4) is 0 Å². The molecule has 0 radical (unpaired) electrons. The van der Waals surface area contributed by atoms with Gasteiger partial charge in [0.25, 0.3) is 0 Å². The second-order valence-electron chi connectivity index (χ2n) is 5.35. The molecule has 2 rings (SSSR count). The number of carbonyl (C=O) groups excluding carboxylic acids is 1. The summed E-state index contributed by atoms with van der Waals surface area (Å²) in [6.45, 7) is 3.13. The first-order valence-corrected chi connectivity index (χ1v) is 10.2. The van der Waals surface area contributed by atoms with Crippen molar-refractivity contribution in [3.63, 3.8) is 0 Å². The van der Waals surface area contributed by atoms with Gasteiger partial charge in [-0.05, 0) is 31.2 Å². The van der Waals surface area contributed by atoms with Gasteiger partial charge in [-0.25, -0.2) is 13.2 Å². The lowest BCUT2D eigenvalue weighted by Crippen LogP contribution is -2.51. The molecule has 1 aliphatic rings. The second kappa shape index (κ2) is 6.46. The Morgan fingerprint density at radius 2 is 1.74 bits per heavy atom. The Balaban J connectivity index is 2.14. The van der Waals surface area contributed by atoms with Gasteiger partial charge in [0.2, 0.25) is 0 Å². The van der Waals surface area contributed by atoms with E-state index in [1.54, 1.807) is 0 Å². The maximum Gasteiger partial charge on any atom is 0.425 e. The molecule has 1 atom stereocenters. The van der Waals surface area contributed by atoms with E-state index < -0.39 is 26.0 Å². The minimum atomic E-state index is -4.30. The molecule has 10 heteroatoms. The molecule has 1 N–H and O–H groups in total. The quantitative estimate of drug-likeness (QED) is 0.765. The van der Waals surface area contributed by atoms with E-state index >= 15 is 0 Å². The van der Waals surface area contributed by atoms with Crippen molar-refractivity contribution in [1.29, 1.82) is 0 Å². The molecule has 0 aromatic heterocycles. The smallest absolute Gasteiger partial charge is 0.324 e. The van der Waals surface area contributed by atoms with E-state index in [4.69, 9.17) is 0 Å². The second-order valence-corrected chi connectivity index (χ2v) is 8.91. The highest BCUT2D eigenvalue weighted by atomic mass is 32.2. The van der Waals surface area contributed by atoms with Crippen LogP contribution >= 0.6 is 0 Å². The highest BCUT2D eigenvalue weighted by molar-refractivity contribution is 7.90. The van der Waals surface area contributed by atoms with Crippen LogP contribution in [0.2, 0.25) is 0 Å². The summed E-state index contributed by atoms with van der Waals surface area (Å²) >= 11 is 0. The zero-order chi connectivity index (χ0) is 17.3. The number of nitrogens with zero attached hydrogens (tertiary/aromatic N) is 1.